The van der Waals surface area contributed by atoms with Crippen LogP contribution in [0.2, 0.25) is 0 Å². The Kier molecular flexibility index (Phi) is 2.93. The van der Waals surface area contributed by atoms with E-state index in [1.165, 1.54) is 0 Å². The Morgan fingerprint density at radius 2 is 1.52 bits per heavy atom. The fourth-order valence-corrected chi connectivity index (χ4v) is 2.72. The Balaban J connectivity index is 1.47. The standard InChI is InChI=1S/C18H11NO6/c20-18-12(5-10-1-3-13-15(6-10)23-8-21-13)19-17(25-18)11-2-4-14-16(7-11)24-9-22-14/h1-7H,8-9H2/b12-5-. The molecule has 0 saturated heterocycles. The van der Waals surface area contributed by atoms with Gasteiger partial charge >= 0.3 is 5.97 Å². The molecule has 0 amide bonds. The summed E-state index contributed by atoms with van der Waals surface area (Å²) in [7, 11) is 0. The molecule has 5 rings (SSSR count). The Labute approximate surface area is 142 Å². The highest BCUT2D eigenvalue weighted by Gasteiger charge is 2.26. The summed E-state index contributed by atoms with van der Waals surface area (Å²) in [5, 5.41) is 0. The number of cyclic esters (lactones) is 1. The van der Waals surface area contributed by atoms with Gasteiger partial charge in [-0.15, -0.1) is 0 Å². The second-order valence-corrected chi connectivity index (χ2v) is 5.52. The molecule has 124 valence electrons. The van der Waals surface area contributed by atoms with Gasteiger partial charge in [-0.25, -0.2) is 9.79 Å². The summed E-state index contributed by atoms with van der Waals surface area (Å²) in [5.41, 5.74) is 1.63. The van der Waals surface area contributed by atoms with Crippen LogP contribution >= 0.6 is 0 Å². The molecule has 0 fully saturated rings. The maximum atomic E-state index is 12.1. The van der Waals surface area contributed by atoms with Crippen molar-refractivity contribution in [3.8, 4) is 23.0 Å². The average molecular weight is 337 g/mol. The van der Waals surface area contributed by atoms with Crippen molar-refractivity contribution in [1.29, 1.82) is 0 Å². The van der Waals surface area contributed by atoms with Crippen LogP contribution in [0.5, 0.6) is 23.0 Å². The molecule has 0 bridgehead atoms. The van der Waals surface area contributed by atoms with Gasteiger partial charge in [-0.1, -0.05) is 6.07 Å². The summed E-state index contributed by atoms with van der Waals surface area (Å²) in [6, 6.07) is 10.7. The van der Waals surface area contributed by atoms with Gasteiger partial charge in [-0.05, 0) is 42.0 Å². The second kappa shape index (κ2) is 5.27. The van der Waals surface area contributed by atoms with Crippen molar-refractivity contribution in [2.45, 2.75) is 0 Å². The molecule has 0 unspecified atom stereocenters. The first-order valence-electron chi connectivity index (χ1n) is 7.58. The molecule has 3 aliphatic heterocycles. The third kappa shape index (κ3) is 2.37. The van der Waals surface area contributed by atoms with Crippen molar-refractivity contribution in [2.24, 2.45) is 4.99 Å². The largest absolute Gasteiger partial charge is 0.454 e. The molecule has 0 aliphatic carbocycles. The molecule has 3 aliphatic rings. The number of nitrogens with zero attached hydrogens (tertiary/aromatic N) is 1. The zero-order chi connectivity index (χ0) is 16.8. The molecular weight excluding hydrogens is 326 g/mol. The number of esters is 1. The molecule has 0 radical (unpaired) electrons. The van der Waals surface area contributed by atoms with Crippen molar-refractivity contribution >= 4 is 17.9 Å². The molecule has 25 heavy (non-hydrogen) atoms. The molecule has 0 spiro atoms. The molecule has 0 aromatic heterocycles. The SMILES string of the molecule is O=C1OC(c2ccc3c(c2)OCO3)=N/C1=C\c1ccc2c(c1)OCO2. The highest BCUT2D eigenvalue weighted by atomic mass is 16.7. The highest BCUT2D eigenvalue weighted by Crippen LogP contribution is 2.35. The van der Waals surface area contributed by atoms with Crippen LogP contribution in [0.4, 0.5) is 0 Å². The van der Waals surface area contributed by atoms with E-state index in [-0.39, 0.29) is 25.2 Å². The number of benzene rings is 2. The number of rotatable bonds is 2. The molecule has 0 saturated carbocycles. The van der Waals surface area contributed by atoms with E-state index in [2.05, 4.69) is 4.99 Å². The topological polar surface area (TPSA) is 75.6 Å². The summed E-state index contributed by atoms with van der Waals surface area (Å²) < 4.78 is 26.5. The summed E-state index contributed by atoms with van der Waals surface area (Å²) in [6.07, 6.45) is 1.64. The van der Waals surface area contributed by atoms with E-state index >= 15 is 0 Å². The zero-order valence-corrected chi connectivity index (χ0v) is 12.9. The van der Waals surface area contributed by atoms with E-state index in [0.717, 1.165) is 5.56 Å². The fraction of sp³-hybridized carbons (Fsp3) is 0.111. The Morgan fingerprint density at radius 1 is 0.840 bits per heavy atom. The van der Waals surface area contributed by atoms with Crippen LogP contribution in [-0.4, -0.2) is 25.5 Å². The van der Waals surface area contributed by atoms with Gasteiger partial charge in [0.15, 0.2) is 28.7 Å². The minimum Gasteiger partial charge on any atom is -0.454 e. The van der Waals surface area contributed by atoms with Crippen LogP contribution in [0.3, 0.4) is 0 Å². The molecule has 3 heterocycles. The van der Waals surface area contributed by atoms with E-state index < -0.39 is 5.97 Å². The van der Waals surface area contributed by atoms with Crippen LogP contribution in [0.15, 0.2) is 47.1 Å². The monoisotopic (exact) mass is 337 g/mol. The maximum absolute atomic E-state index is 12.1. The molecule has 0 N–H and O–H groups in total. The third-order valence-electron chi connectivity index (χ3n) is 3.94. The van der Waals surface area contributed by atoms with Crippen LogP contribution < -0.4 is 18.9 Å². The van der Waals surface area contributed by atoms with Crippen molar-refractivity contribution in [1.82, 2.24) is 0 Å². The zero-order valence-electron chi connectivity index (χ0n) is 12.9. The first-order valence-corrected chi connectivity index (χ1v) is 7.58. The van der Waals surface area contributed by atoms with E-state index in [1.54, 1.807) is 36.4 Å². The Hall–Kier alpha value is -3.48. The molecule has 2 aromatic rings. The van der Waals surface area contributed by atoms with E-state index in [4.69, 9.17) is 23.7 Å². The lowest BCUT2D eigenvalue weighted by molar-refractivity contribution is -0.129. The van der Waals surface area contributed by atoms with Crippen molar-refractivity contribution in [3.63, 3.8) is 0 Å². The van der Waals surface area contributed by atoms with Crippen molar-refractivity contribution in [2.75, 3.05) is 13.6 Å². The number of hydrogen-bond acceptors (Lipinski definition) is 7. The van der Waals surface area contributed by atoms with Gasteiger partial charge in [0.2, 0.25) is 19.5 Å². The van der Waals surface area contributed by atoms with Crippen LogP contribution in [0.25, 0.3) is 6.08 Å². The van der Waals surface area contributed by atoms with Gasteiger partial charge < -0.3 is 23.7 Å². The maximum Gasteiger partial charge on any atom is 0.363 e. The van der Waals surface area contributed by atoms with Crippen molar-refractivity contribution in [3.05, 3.63) is 53.2 Å². The Morgan fingerprint density at radius 3 is 2.32 bits per heavy atom. The number of carbonyl (C=O) groups excluding carboxylic acids is 1. The van der Waals surface area contributed by atoms with Gasteiger partial charge in [0.05, 0.1) is 0 Å². The lowest BCUT2D eigenvalue weighted by Gasteiger charge is -2.01. The number of fused-ring (bicyclic) bond motifs is 2. The number of ether oxygens (including phenoxy) is 5. The van der Waals surface area contributed by atoms with Crippen LogP contribution in [0.1, 0.15) is 11.1 Å². The fourth-order valence-electron chi connectivity index (χ4n) is 2.72. The second-order valence-electron chi connectivity index (χ2n) is 5.52. The normalized spacial score (nSPS) is 18.5. The number of hydrogen-bond donors (Lipinski definition) is 0. The van der Waals surface area contributed by atoms with Crippen molar-refractivity contribution < 1.29 is 28.5 Å². The highest BCUT2D eigenvalue weighted by molar-refractivity contribution is 6.13. The summed E-state index contributed by atoms with van der Waals surface area (Å²) in [4.78, 5) is 16.4. The summed E-state index contributed by atoms with van der Waals surface area (Å²) >= 11 is 0. The van der Waals surface area contributed by atoms with Gasteiger partial charge in [-0.2, -0.15) is 0 Å². The molecule has 2 aromatic carbocycles. The van der Waals surface area contributed by atoms with Crippen LogP contribution in [0, 0.1) is 0 Å². The molecule has 0 atom stereocenters. The lowest BCUT2D eigenvalue weighted by Crippen LogP contribution is -2.05. The third-order valence-corrected chi connectivity index (χ3v) is 3.94. The molecular formula is C18H11NO6. The minimum atomic E-state index is -0.509. The van der Waals surface area contributed by atoms with E-state index in [9.17, 15) is 4.79 Å². The van der Waals surface area contributed by atoms with E-state index in [0.29, 0.717) is 28.6 Å². The minimum absolute atomic E-state index is 0.181. The average Bonchev–Trinajstić information content (AvgIpc) is 3.34. The quantitative estimate of drug-likeness (QED) is 0.619. The Bertz CT molecular complexity index is 962. The predicted molar refractivity (Wildman–Crippen MR) is 85.7 cm³/mol. The van der Waals surface area contributed by atoms with Gasteiger partial charge in [-0.3, -0.25) is 0 Å². The summed E-state index contributed by atoms with van der Waals surface area (Å²) in [5.74, 6) is 2.30. The predicted octanol–water partition coefficient (Wildman–Crippen LogP) is 2.49. The molecule has 7 heteroatoms. The summed E-state index contributed by atoms with van der Waals surface area (Å²) in [6.45, 7) is 0.379. The van der Waals surface area contributed by atoms with Gasteiger partial charge in [0, 0.05) is 5.56 Å². The first-order chi connectivity index (χ1) is 12.3. The van der Waals surface area contributed by atoms with Gasteiger partial charge in [0.25, 0.3) is 0 Å². The van der Waals surface area contributed by atoms with Gasteiger partial charge in [0.1, 0.15) is 0 Å². The van der Waals surface area contributed by atoms with Crippen LogP contribution in [-0.2, 0) is 9.53 Å². The number of carbonyl (C=O) groups is 1. The molecule has 7 nitrogen and oxygen atoms in total. The van der Waals surface area contributed by atoms with E-state index in [1.807, 2.05) is 6.07 Å². The smallest absolute Gasteiger partial charge is 0.363 e. The lowest BCUT2D eigenvalue weighted by atomic mass is 10.1. The first kappa shape index (κ1) is 13.9. The number of aliphatic imine (C=N–C) groups is 1.